The number of nitrogens with two attached hydrogens (primary N) is 1. The van der Waals surface area contributed by atoms with Crippen molar-refractivity contribution in [2.45, 2.75) is 45.3 Å². The molecule has 0 fully saturated rings. The van der Waals surface area contributed by atoms with E-state index >= 15 is 0 Å². The van der Waals surface area contributed by atoms with Gasteiger partial charge in [-0.2, -0.15) is 0 Å². The molecular weight excluding hydrogens is 338 g/mol. The number of hydrogen-bond donors (Lipinski definition) is 3. The quantitative estimate of drug-likeness (QED) is 0.291. The van der Waals surface area contributed by atoms with Gasteiger partial charge in [0.15, 0.2) is 5.84 Å². The van der Waals surface area contributed by atoms with Gasteiger partial charge in [-0.15, -0.1) is 0 Å². The zero-order valence-corrected chi connectivity index (χ0v) is 15.4. The van der Waals surface area contributed by atoms with Crippen LogP contribution in [0, 0.1) is 0 Å². The smallest absolute Gasteiger partial charge is 0.408 e. The van der Waals surface area contributed by atoms with Crippen LogP contribution in [0.1, 0.15) is 31.9 Å². The lowest BCUT2D eigenvalue weighted by Gasteiger charge is -2.23. The summed E-state index contributed by atoms with van der Waals surface area (Å²) in [6.45, 7) is 5.87. The second kappa shape index (κ2) is 8.75. The molecule has 0 radical (unpaired) electrons. The number of amidine groups is 1. The predicted octanol–water partition coefficient (Wildman–Crippen LogP) is 1.34. The van der Waals surface area contributed by atoms with Crippen molar-refractivity contribution in [1.82, 2.24) is 5.32 Å². The summed E-state index contributed by atoms with van der Waals surface area (Å²) < 4.78 is 10.8. The molecule has 2 rings (SSSR count). The van der Waals surface area contributed by atoms with Gasteiger partial charge in [0.05, 0.1) is 19.3 Å². The number of rotatable bonds is 7. The van der Waals surface area contributed by atoms with Crippen molar-refractivity contribution in [1.29, 1.82) is 0 Å². The zero-order valence-electron chi connectivity index (χ0n) is 15.4. The number of nitrogens with zero attached hydrogens (tertiary/aromatic N) is 1. The number of aliphatic hydroxyl groups excluding tert-OH is 1. The Bertz CT molecular complexity index is 655. The molecule has 1 aliphatic rings. The van der Waals surface area contributed by atoms with Gasteiger partial charge in [0.25, 0.3) is 0 Å². The Labute approximate surface area is 153 Å². The Morgan fingerprint density at radius 2 is 2.23 bits per heavy atom. The van der Waals surface area contributed by atoms with Crippen LogP contribution in [-0.4, -0.2) is 48.5 Å². The fourth-order valence-electron chi connectivity index (χ4n) is 2.51. The summed E-state index contributed by atoms with van der Waals surface area (Å²) in [4.78, 5) is 17.1. The van der Waals surface area contributed by atoms with Crippen LogP contribution >= 0.6 is 0 Å². The number of carbonyl (C=O) groups is 1. The lowest BCUT2D eigenvalue weighted by molar-refractivity contribution is 0.0515. The van der Waals surface area contributed by atoms with E-state index in [9.17, 15) is 4.79 Å². The van der Waals surface area contributed by atoms with E-state index in [1.54, 1.807) is 20.8 Å². The number of alkyl carbamates (subject to hydrolysis) is 1. The summed E-state index contributed by atoms with van der Waals surface area (Å²) in [5.41, 5.74) is 7.47. The molecule has 8 heteroatoms. The van der Waals surface area contributed by atoms with E-state index < -0.39 is 17.7 Å². The number of carbonyl (C=O) groups excluding carboxylic acids is 1. The maximum atomic E-state index is 12.1. The Morgan fingerprint density at radius 3 is 2.92 bits per heavy atom. The summed E-state index contributed by atoms with van der Waals surface area (Å²) in [6.07, 6.45) is 0.688. The molecule has 0 aromatic heterocycles. The Hall–Kier alpha value is -2.48. The average Bonchev–Trinajstić information content (AvgIpc) is 3.00. The fraction of sp³-hybridized carbons (Fsp3) is 0.556. The Kier molecular flexibility index (Phi) is 6.68. The molecule has 1 unspecified atom stereocenters. The molecule has 1 atom stereocenters. The highest BCUT2D eigenvalue weighted by atomic mass is 16.6. The lowest BCUT2D eigenvalue weighted by atomic mass is 10.0. The van der Waals surface area contributed by atoms with E-state index in [2.05, 4.69) is 10.5 Å². The number of fused-ring (bicyclic) bond motifs is 1. The molecule has 1 amide bonds. The van der Waals surface area contributed by atoms with Gasteiger partial charge in [-0.25, -0.2) is 4.79 Å². The van der Waals surface area contributed by atoms with Crippen molar-refractivity contribution in [3.63, 3.8) is 0 Å². The van der Waals surface area contributed by atoms with Gasteiger partial charge in [0.2, 0.25) is 0 Å². The van der Waals surface area contributed by atoms with Gasteiger partial charge in [-0.3, -0.25) is 0 Å². The van der Waals surface area contributed by atoms with Crippen molar-refractivity contribution in [2.75, 3.05) is 19.8 Å². The Balaban J connectivity index is 2.11. The molecule has 26 heavy (non-hydrogen) atoms. The largest absolute Gasteiger partial charge is 0.493 e. The first kappa shape index (κ1) is 19.8. The summed E-state index contributed by atoms with van der Waals surface area (Å²) in [6, 6.07) is 5.27. The third-order valence-electron chi connectivity index (χ3n) is 3.59. The molecule has 0 saturated heterocycles. The standard InChI is InChI=1S/C18H27N3O5/c1-18(2,3)26-17(23)20-14(16(19)21-25-9-7-22)11-12-4-5-15-13(10-12)6-8-24-15/h4-5,10,14,22H,6-9,11H2,1-3H3,(H2,19,21)(H,20,23). The van der Waals surface area contributed by atoms with Crippen LogP contribution in [-0.2, 0) is 22.4 Å². The van der Waals surface area contributed by atoms with Crippen molar-refractivity contribution >= 4 is 11.9 Å². The highest BCUT2D eigenvalue weighted by molar-refractivity contribution is 5.88. The number of oxime groups is 1. The number of ether oxygens (including phenoxy) is 2. The summed E-state index contributed by atoms with van der Waals surface area (Å²) in [5, 5.41) is 15.3. The molecule has 1 aliphatic heterocycles. The van der Waals surface area contributed by atoms with E-state index in [1.807, 2.05) is 18.2 Å². The van der Waals surface area contributed by atoms with Gasteiger partial charge in [-0.1, -0.05) is 17.3 Å². The second-order valence-corrected chi connectivity index (χ2v) is 7.02. The number of nitrogens with one attached hydrogen (secondary N) is 1. The molecular formula is C18H27N3O5. The van der Waals surface area contributed by atoms with Gasteiger partial charge >= 0.3 is 6.09 Å². The van der Waals surface area contributed by atoms with Gasteiger partial charge in [0.1, 0.15) is 18.0 Å². The van der Waals surface area contributed by atoms with Gasteiger partial charge in [-0.05, 0) is 38.0 Å². The minimum absolute atomic E-state index is 0.0239. The van der Waals surface area contributed by atoms with E-state index in [1.165, 1.54) is 0 Å². The van der Waals surface area contributed by atoms with Crippen molar-refractivity contribution < 1.29 is 24.2 Å². The number of benzene rings is 1. The molecule has 0 aliphatic carbocycles. The molecule has 0 bridgehead atoms. The van der Waals surface area contributed by atoms with Crippen LogP contribution in [0.2, 0.25) is 0 Å². The highest BCUT2D eigenvalue weighted by Gasteiger charge is 2.23. The number of hydrogen-bond acceptors (Lipinski definition) is 6. The molecule has 0 saturated carbocycles. The van der Waals surface area contributed by atoms with E-state index in [4.69, 9.17) is 25.2 Å². The second-order valence-electron chi connectivity index (χ2n) is 7.02. The van der Waals surface area contributed by atoms with Crippen LogP contribution in [0.25, 0.3) is 0 Å². The third kappa shape index (κ3) is 6.11. The van der Waals surface area contributed by atoms with Crippen LogP contribution in [0.5, 0.6) is 5.75 Å². The van der Waals surface area contributed by atoms with Crippen molar-refractivity contribution in [3.8, 4) is 5.75 Å². The third-order valence-corrected chi connectivity index (χ3v) is 3.59. The monoisotopic (exact) mass is 365 g/mol. The molecule has 4 N–H and O–H groups in total. The van der Waals surface area contributed by atoms with Crippen LogP contribution in [0.15, 0.2) is 23.4 Å². The Morgan fingerprint density at radius 1 is 1.46 bits per heavy atom. The first-order chi connectivity index (χ1) is 12.3. The minimum atomic E-state index is -0.626. The molecule has 8 nitrogen and oxygen atoms in total. The number of amides is 1. The van der Waals surface area contributed by atoms with Crippen molar-refractivity contribution in [3.05, 3.63) is 29.3 Å². The van der Waals surface area contributed by atoms with E-state index in [-0.39, 0.29) is 19.0 Å². The maximum Gasteiger partial charge on any atom is 0.408 e. The first-order valence-electron chi connectivity index (χ1n) is 8.59. The highest BCUT2D eigenvalue weighted by Crippen LogP contribution is 2.26. The molecule has 1 aromatic carbocycles. The average molecular weight is 365 g/mol. The van der Waals surface area contributed by atoms with E-state index in [0.29, 0.717) is 13.0 Å². The van der Waals surface area contributed by atoms with Gasteiger partial charge < -0.3 is 30.5 Å². The molecule has 1 heterocycles. The van der Waals surface area contributed by atoms with Crippen LogP contribution in [0.3, 0.4) is 0 Å². The van der Waals surface area contributed by atoms with Gasteiger partial charge in [0, 0.05) is 12.8 Å². The summed E-state index contributed by atoms with van der Waals surface area (Å²) in [5.74, 6) is 0.986. The van der Waals surface area contributed by atoms with Crippen molar-refractivity contribution in [2.24, 2.45) is 10.9 Å². The summed E-state index contributed by atoms with van der Waals surface area (Å²) in [7, 11) is 0. The molecule has 144 valence electrons. The predicted molar refractivity (Wildman–Crippen MR) is 97.2 cm³/mol. The number of aliphatic hydroxyl groups is 1. The molecule has 0 spiro atoms. The van der Waals surface area contributed by atoms with Crippen LogP contribution < -0.4 is 15.8 Å². The van der Waals surface area contributed by atoms with E-state index in [0.717, 1.165) is 23.3 Å². The summed E-state index contributed by atoms with van der Waals surface area (Å²) >= 11 is 0. The fourth-order valence-corrected chi connectivity index (χ4v) is 2.51. The minimum Gasteiger partial charge on any atom is -0.493 e. The normalized spacial score (nSPS) is 15.0. The maximum absolute atomic E-state index is 12.1. The molecule has 1 aromatic rings. The zero-order chi connectivity index (χ0) is 19.2. The topological polar surface area (TPSA) is 115 Å². The lowest BCUT2D eigenvalue weighted by Crippen LogP contribution is -2.47. The van der Waals surface area contributed by atoms with Crippen LogP contribution in [0.4, 0.5) is 4.79 Å². The first-order valence-corrected chi connectivity index (χ1v) is 8.59. The SMILES string of the molecule is CC(C)(C)OC(=O)NC(Cc1ccc2c(c1)CCO2)/C(N)=N/OCCO.